The molecule has 0 aliphatic heterocycles. The van der Waals surface area contributed by atoms with E-state index in [9.17, 15) is 9.59 Å². The fraction of sp³-hybridized carbons (Fsp3) is 0.353. The van der Waals surface area contributed by atoms with Crippen LogP contribution in [-0.2, 0) is 16.6 Å². The van der Waals surface area contributed by atoms with Crippen molar-refractivity contribution in [1.29, 1.82) is 0 Å². The first kappa shape index (κ1) is 16.7. The van der Waals surface area contributed by atoms with Gasteiger partial charge in [-0.05, 0) is 12.0 Å². The topological polar surface area (TPSA) is 73.2 Å². The van der Waals surface area contributed by atoms with Gasteiger partial charge in [-0.1, -0.05) is 44.2 Å². The number of benzene rings is 1. The maximum absolute atomic E-state index is 12.5. The SMILES string of the molecule is COC(=O)[C@@H](NC(=O)c1cc(-c2ccccc2)nn1C)C(C)C. The van der Waals surface area contributed by atoms with Gasteiger partial charge in [-0.25, -0.2) is 4.79 Å². The second-order valence-corrected chi connectivity index (χ2v) is 5.62. The summed E-state index contributed by atoms with van der Waals surface area (Å²) < 4.78 is 6.25. The Kier molecular flexibility index (Phi) is 5.16. The van der Waals surface area contributed by atoms with E-state index in [2.05, 4.69) is 10.4 Å². The van der Waals surface area contributed by atoms with Crippen molar-refractivity contribution in [3.63, 3.8) is 0 Å². The van der Waals surface area contributed by atoms with Crippen molar-refractivity contribution in [3.8, 4) is 11.3 Å². The standard InChI is InChI=1S/C17H21N3O3/c1-11(2)15(17(22)23-4)18-16(21)14-10-13(19-20(14)3)12-8-6-5-7-9-12/h5-11,15H,1-4H3,(H,18,21)/t15-/m0/s1. The first-order valence-corrected chi connectivity index (χ1v) is 7.42. The highest BCUT2D eigenvalue weighted by molar-refractivity contribution is 5.96. The molecule has 1 amide bonds. The average Bonchev–Trinajstić information content (AvgIpc) is 2.94. The fourth-order valence-corrected chi connectivity index (χ4v) is 2.27. The molecular formula is C17H21N3O3. The molecule has 1 atom stereocenters. The Morgan fingerprint density at radius 1 is 1.22 bits per heavy atom. The summed E-state index contributed by atoms with van der Waals surface area (Å²) in [7, 11) is 3.01. The van der Waals surface area contributed by atoms with Gasteiger partial charge in [0.25, 0.3) is 5.91 Å². The number of carbonyl (C=O) groups is 2. The number of methoxy groups -OCH3 is 1. The van der Waals surface area contributed by atoms with E-state index in [0.29, 0.717) is 11.4 Å². The maximum Gasteiger partial charge on any atom is 0.328 e. The molecular weight excluding hydrogens is 294 g/mol. The zero-order valence-electron chi connectivity index (χ0n) is 13.7. The molecule has 1 heterocycles. The van der Waals surface area contributed by atoms with Gasteiger partial charge in [-0.15, -0.1) is 0 Å². The molecule has 23 heavy (non-hydrogen) atoms. The normalized spacial score (nSPS) is 12.0. The smallest absolute Gasteiger partial charge is 0.328 e. The van der Waals surface area contributed by atoms with Crippen molar-refractivity contribution in [2.24, 2.45) is 13.0 Å². The molecule has 1 aromatic heterocycles. The van der Waals surface area contributed by atoms with Crippen molar-refractivity contribution in [2.45, 2.75) is 19.9 Å². The van der Waals surface area contributed by atoms with Crippen LogP contribution in [0.2, 0.25) is 0 Å². The summed E-state index contributed by atoms with van der Waals surface area (Å²) in [5.74, 6) is -0.890. The van der Waals surface area contributed by atoms with Crippen LogP contribution >= 0.6 is 0 Å². The fourth-order valence-electron chi connectivity index (χ4n) is 2.27. The lowest BCUT2D eigenvalue weighted by molar-refractivity contribution is -0.144. The number of amides is 1. The summed E-state index contributed by atoms with van der Waals surface area (Å²) in [4.78, 5) is 24.2. The number of aryl methyl sites for hydroxylation is 1. The zero-order chi connectivity index (χ0) is 17.0. The van der Waals surface area contributed by atoms with Crippen LogP contribution in [-0.4, -0.2) is 34.8 Å². The Morgan fingerprint density at radius 2 is 1.87 bits per heavy atom. The van der Waals surface area contributed by atoms with Crippen molar-refractivity contribution in [1.82, 2.24) is 15.1 Å². The maximum atomic E-state index is 12.5. The number of hydrogen-bond donors (Lipinski definition) is 1. The van der Waals surface area contributed by atoms with Gasteiger partial charge in [0.2, 0.25) is 0 Å². The molecule has 6 heteroatoms. The Balaban J connectivity index is 2.23. The zero-order valence-corrected chi connectivity index (χ0v) is 13.7. The highest BCUT2D eigenvalue weighted by atomic mass is 16.5. The number of ether oxygens (including phenoxy) is 1. The average molecular weight is 315 g/mol. The van der Waals surface area contributed by atoms with Crippen molar-refractivity contribution >= 4 is 11.9 Å². The summed E-state index contributed by atoms with van der Waals surface area (Å²) in [6.45, 7) is 3.70. The second kappa shape index (κ2) is 7.09. The molecule has 0 spiro atoms. The minimum absolute atomic E-state index is 0.0757. The van der Waals surface area contributed by atoms with E-state index < -0.39 is 12.0 Å². The summed E-state index contributed by atoms with van der Waals surface area (Å²) in [5, 5.41) is 7.07. The molecule has 0 bridgehead atoms. The predicted octanol–water partition coefficient (Wildman–Crippen LogP) is 2.01. The third-order valence-electron chi connectivity index (χ3n) is 3.59. The molecule has 0 unspecified atom stereocenters. The molecule has 0 fully saturated rings. The molecule has 122 valence electrons. The van der Waals surface area contributed by atoms with Crippen LogP contribution in [0.25, 0.3) is 11.3 Å². The summed E-state index contributed by atoms with van der Waals surface area (Å²) >= 11 is 0. The number of esters is 1. The van der Waals surface area contributed by atoms with E-state index in [1.807, 2.05) is 44.2 Å². The van der Waals surface area contributed by atoms with E-state index >= 15 is 0 Å². The van der Waals surface area contributed by atoms with Gasteiger partial charge in [0.1, 0.15) is 11.7 Å². The Bertz CT molecular complexity index is 692. The number of hydrogen-bond acceptors (Lipinski definition) is 4. The lowest BCUT2D eigenvalue weighted by Gasteiger charge is -2.19. The number of carbonyl (C=O) groups excluding carboxylic acids is 2. The lowest BCUT2D eigenvalue weighted by Crippen LogP contribution is -2.45. The molecule has 0 aliphatic carbocycles. The van der Waals surface area contributed by atoms with E-state index in [0.717, 1.165) is 5.56 Å². The highest BCUT2D eigenvalue weighted by Crippen LogP contribution is 2.18. The van der Waals surface area contributed by atoms with Gasteiger partial charge in [-0.2, -0.15) is 5.10 Å². The van der Waals surface area contributed by atoms with Crippen LogP contribution in [0.15, 0.2) is 36.4 Å². The van der Waals surface area contributed by atoms with Crippen LogP contribution in [0.5, 0.6) is 0 Å². The number of nitrogens with zero attached hydrogens (tertiary/aromatic N) is 2. The second-order valence-electron chi connectivity index (χ2n) is 5.62. The third kappa shape index (κ3) is 3.77. The van der Waals surface area contributed by atoms with E-state index in [4.69, 9.17) is 4.74 Å². The van der Waals surface area contributed by atoms with Gasteiger partial charge in [0, 0.05) is 12.6 Å². The van der Waals surface area contributed by atoms with Crippen molar-refractivity contribution in [2.75, 3.05) is 7.11 Å². The molecule has 1 aromatic carbocycles. The third-order valence-corrected chi connectivity index (χ3v) is 3.59. The van der Waals surface area contributed by atoms with Gasteiger partial charge >= 0.3 is 5.97 Å². The minimum atomic E-state index is -0.692. The summed E-state index contributed by atoms with van der Waals surface area (Å²) in [6, 6.07) is 10.6. The Labute approximate surface area is 135 Å². The summed E-state index contributed by atoms with van der Waals surface area (Å²) in [5.41, 5.74) is 2.02. The van der Waals surface area contributed by atoms with E-state index in [1.54, 1.807) is 13.1 Å². The predicted molar refractivity (Wildman–Crippen MR) is 86.8 cm³/mol. The minimum Gasteiger partial charge on any atom is -0.467 e. The van der Waals surface area contributed by atoms with E-state index in [1.165, 1.54) is 11.8 Å². The van der Waals surface area contributed by atoms with Gasteiger partial charge in [-0.3, -0.25) is 9.48 Å². The highest BCUT2D eigenvalue weighted by Gasteiger charge is 2.26. The van der Waals surface area contributed by atoms with E-state index in [-0.39, 0.29) is 11.8 Å². The molecule has 0 saturated carbocycles. The lowest BCUT2D eigenvalue weighted by atomic mass is 10.0. The van der Waals surface area contributed by atoms with Gasteiger partial charge < -0.3 is 10.1 Å². The van der Waals surface area contributed by atoms with Crippen LogP contribution in [0.3, 0.4) is 0 Å². The van der Waals surface area contributed by atoms with Gasteiger partial charge in [0.15, 0.2) is 0 Å². The summed E-state index contributed by atoms with van der Waals surface area (Å²) in [6.07, 6.45) is 0. The van der Waals surface area contributed by atoms with Crippen LogP contribution in [0, 0.1) is 5.92 Å². The molecule has 2 rings (SSSR count). The molecule has 1 N–H and O–H groups in total. The van der Waals surface area contributed by atoms with Crippen LogP contribution < -0.4 is 5.32 Å². The Hall–Kier alpha value is -2.63. The molecule has 0 aliphatic rings. The quantitative estimate of drug-likeness (QED) is 0.857. The number of rotatable bonds is 5. The first-order chi connectivity index (χ1) is 10.9. The van der Waals surface area contributed by atoms with Crippen LogP contribution in [0.4, 0.5) is 0 Å². The Morgan fingerprint density at radius 3 is 2.43 bits per heavy atom. The van der Waals surface area contributed by atoms with Gasteiger partial charge in [0.05, 0.1) is 12.8 Å². The molecule has 0 saturated heterocycles. The van der Waals surface area contributed by atoms with Crippen molar-refractivity contribution in [3.05, 3.63) is 42.1 Å². The number of aromatic nitrogens is 2. The van der Waals surface area contributed by atoms with Crippen LogP contribution in [0.1, 0.15) is 24.3 Å². The monoisotopic (exact) mass is 315 g/mol. The van der Waals surface area contributed by atoms with Crippen molar-refractivity contribution < 1.29 is 14.3 Å². The largest absolute Gasteiger partial charge is 0.467 e. The first-order valence-electron chi connectivity index (χ1n) is 7.42. The molecule has 2 aromatic rings. The number of nitrogens with one attached hydrogen (secondary N) is 1. The molecule has 6 nitrogen and oxygen atoms in total. The molecule has 0 radical (unpaired) electrons.